The fourth-order valence-corrected chi connectivity index (χ4v) is 2.24. The molecule has 0 fully saturated rings. The summed E-state index contributed by atoms with van der Waals surface area (Å²) < 4.78 is 10.5. The summed E-state index contributed by atoms with van der Waals surface area (Å²) in [5.74, 6) is 1.35. The molecule has 0 bridgehead atoms. The highest BCUT2D eigenvalue weighted by molar-refractivity contribution is 5.94. The highest BCUT2D eigenvalue weighted by atomic mass is 16.5. The van der Waals surface area contributed by atoms with Gasteiger partial charge in [0.05, 0.1) is 14.2 Å². The van der Waals surface area contributed by atoms with Crippen molar-refractivity contribution in [2.24, 2.45) is 0 Å². The third kappa shape index (κ3) is 4.01. The number of hydrogen-bond acceptors (Lipinski definition) is 3. The number of nitrogens with one attached hydrogen (secondary N) is 1. The summed E-state index contributed by atoms with van der Waals surface area (Å²) >= 11 is 0. The zero-order valence-electron chi connectivity index (χ0n) is 13.2. The van der Waals surface area contributed by atoms with Gasteiger partial charge in [-0.3, -0.25) is 4.79 Å². The summed E-state index contributed by atoms with van der Waals surface area (Å²) in [5, 5.41) is 2.93. The fourth-order valence-electron chi connectivity index (χ4n) is 2.24. The molecule has 1 N–H and O–H groups in total. The number of rotatable bonds is 6. The summed E-state index contributed by atoms with van der Waals surface area (Å²) in [4.78, 5) is 12.1. The first-order chi connectivity index (χ1) is 10.6. The molecule has 2 aromatic carbocycles. The van der Waals surface area contributed by atoms with Gasteiger partial charge in [0.25, 0.3) is 5.91 Å². The van der Waals surface area contributed by atoms with Gasteiger partial charge in [-0.15, -0.1) is 0 Å². The molecule has 0 aliphatic rings. The SMILES string of the molecule is COc1ccc(CCNC(=O)c2cccc(C)c2)cc1OC. The molecule has 0 heterocycles. The van der Waals surface area contributed by atoms with Gasteiger partial charge in [0.15, 0.2) is 11.5 Å². The molecule has 0 saturated heterocycles. The molecule has 0 atom stereocenters. The molecule has 1 amide bonds. The number of amides is 1. The summed E-state index contributed by atoms with van der Waals surface area (Å²) in [7, 11) is 3.22. The molecule has 0 unspecified atom stereocenters. The minimum atomic E-state index is -0.0517. The Balaban J connectivity index is 1.92. The van der Waals surface area contributed by atoms with Gasteiger partial charge in [0, 0.05) is 12.1 Å². The fraction of sp³-hybridized carbons (Fsp3) is 0.278. The third-order valence-corrected chi connectivity index (χ3v) is 3.43. The lowest BCUT2D eigenvalue weighted by atomic mass is 10.1. The van der Waals surface area contributed by atoms with Crippen LogP contribution < -0.4 is 14.8 Å². The summed E-state index contributed by atoms with van der Waals surface area (Å²) in [6, 6.07) is 13.3. The molecule has 0 aliphatic heterocycles. The van der Waals surface area contributed by atoms with Crippen LogP contribution in [0.25, 0.3) is 0 Å². The highest BCUT2D eigenvalue weighted by Gasteiger charge is 2.07. The van der Waals surface area contributed by atoms with Crippen LogP contribution in [0.3, 0.4) is 0 Å². The third-order valence-electron chi connectivity index (χ3n) is 3.43. The Labute approximate surface area is 131 Å². The molecule has 4 nitrogen and oxygen atoms in total. The van der Waals surface area contributed by atoms with Gasteiger partial charge >= 0.3 is 0 Å². The van der Waals surface area contributed by atoms with Crippen LogP contribution in [0.1, 0.15) is 21.5 Å². The maximum atomic E-state index is 12.1. The van der Waals surface area contributed by atoms with Crippen molar-refractivity contribution < 1.29 is 14.3 Å². The first kappa shape index (κ1) is 15.9. The van der Waals surface area contributed by atoms with E-state index in [2.05, 4.69) is 5.32 Å². The van der Waals surface area contributed by atoms with E-state index in [1.165, 1.54) is 0 Å². The molecule has 2 aromatic rings. The Morgan fingerprint density at radius 1 is 1.05 bits per heavy atom. The predicted molar refractivity (Wildman–Crippen MR) is 86.8 cm³/mol. The van der Waals surface area contributed by atoms with E-state index in [9.17, 15) is 4.79 Å². The second-order valence-corrected chi connectivity index (χ2v) is 5.06. The Hall–Kier alpha value is -2.49. The molecule has 0 aliphatic carbocycles. The summed E-state index contributed by atoms with van der Waals surface area (Å²) in [6.45, 7) is 2.54. The Bertz CT molecular complexity index is 653. The predicted octanol–water partition coefficient (Wildman–Crippen LogP) is 2.98. The Morgan fingerprint density at radius 3 is 2.50 bits per heavy atom. The van der Waals surface area contributed by atoms with Crippen molar-refractivity contribution in [3.05, 3.63) is 59.2 Å². The smallest absolute Gasteiger partial charge is 0.251 e. The average molecular weight is 299 g/mol. The number of benzene rings is 2. The molecule has 0 saturated carbocycles. The zero-order chi connectivity index (χ0) is 15.9. The van der Waals surface area contributed by atoms with Gasteiger partial charge in [0.1, 0.15) is 0 Å². The highest BCUT2D eigenvalue weighted by Crippen LogP contribution is 2.27. The lowest BCUT2D eigenvalue weighted by molar-refractivity contribution is 0.0954. The molecule has 0 radical (unpaired) electrons. The van der Waals surface area contributed by atoms with Crippen LogP contribution in [0.2, 0.25) is 0 Å². The van der Waals surface area contributed by atoms with Gasteiger partial charge in [0.2, 0.25) is 0 Å². The molecule has 0 aromatic heterocycles. The lowest BCUT2D eigenvalue weighted by Gasteiger charge is -2.10. The van der Waals surface area contributed by atoms with Crippen LogP contribution in [-0.4, -0.2) is 26.7 Å². The molecule has 0 spiro atoms. The van der Waals surface area contributed by atoms with Gasteiger partial charge in [-0.05, 0) is 43.2 Å². The number of ether oxygens (including phenoxy) is 2. The molecule has 22 heavy (non-hydrogen) atoms. The van der Waals surface area contributed by atoms with Crippen molar-refractivity contribution in [1.29, 1.82) is 0 Å². The van der Waals surface area contributed by atoms with Gasteiger partial charge in [-0.1, -0.05) is 23.8 Å². The van der Waals surface area contributed by atoms with Crippen LogP contribution in [0.4, 0.5) is 0 Å². The van der Waals surface area contributed by atoms with Crippen molar-refractivity contribution >= 4 is 5.91 Å². The summed E-state index contributed by atoms with van der Waals surface area (Å²) in [5.41, 5.74) is 2.85. The van der Waals surface area contributed by atoms with E-state index in [-0.39, 0.29) is 5.91 Å². The van der Waals surface area contributed by atoms with Crippen LogP contribution in [0, 0.1) is 6.92 Å². The maximum absolute atomic E-state index is 12.1. The second-order valence-electron chi connectivity index (χ2n) is 5.06. The van der Waals surface area contributed by atoms with E-state index in [1.54, 1.807) is 14.2 Å². The van der Waals surface area contributed by atoms with E-state index in [0.29, 0.717) is 23.6 Å². The van der Waals surface area contributed by atoms with E-state index in [4.69, 9.17) is 9.47 Å². The van der Waals surface area contributed by atoms with Gasteiger partial charge < -0.3 is 14.8 Å². The number of aryl methyl sites for hydroxylation is 1. The molecular formula is C18H21NO3. The second kappa shape index (κ2) is 7.50. The van der Waals surface area contributed by atoms with Crippen molar-refractivity contribution in [3.8, 4) is 11.5 Å². The normalized spacial score (nSPS) is 10.1. The first-order valence-electron chi connectivity index (χ1n) is 7.20. The molecule has 116 valence electrons. The topological polar surface area (TPSA) is 47.6 Å². The first-order valence-corrected chi connectivity index (χ1v) is 7.20. The van der Waals surface area contributed by atoms with E-state index in [0.717, 1.165) is 17.5 Å². The van der Waals surface area contributed by atoms with E-state index in [1.807, 2.05) is 49.4 Å². The van der Waals surface area contributed by atoms with Crippen LogP contribution in [-0.2, 0) is 6.42 Å². The maximum Gasteiger partial charge on any atom is 0.251 e. The minimum absolute atomic E-state index is 0.0517. The van der Waals surface area contributed by atoms with Crippen molar-refractivity contribution in [2.45, 2.75) is 13.3 Å². The van der Waals surface area contributed by atoms with Crippen molar-refractivity contribution in [2.75, 3.05) is 20.8 Å². The lowest BCUT2D eigenvalue weighted by Crippen LogP contribution is -2.25. The Morgan fingerprint density at radius 2 is 1.82 bits per heavy atom. The molecule has 4 heteroatoms. The quantitative estimate of drug-likeness (QED) is 0.892. The number of methoxy groups -OCH3 is 2. The average Bonchev–Trinajstić information content (AvgIpc) is 2.54. The van der Waals surface area contributed by atoms with Gasteiger partial charge in [-0.2, -0.15) is 0 Å². The molecular weight excluding hydrogens is 278 g/mol. The Kier molecular flexibility index (Phi) is 5.42. The standard InChI is InChI=1S/C18H21NO3/c1-13-5-4-6-15(11-13)18(20)19-10-9-14-7-8-16(21-2)17(12-14)22-3/h4-8,11-12H,9-10H2,1-3H3,(H,19,20). The van der Waals surface area contributed by atoms with Crippen molar-refractivity contribution in [3.63, 3.8) is 0 Å². The van der Waals surface area contributed by atoms with E-state index >= 15 is 0 Å². The number of hydrogen-bond donors (Lipinski definition) is 1. The largest absolute Gasteiger partial charge is 0.493 e. The molecule has 2 rings (SSSR count). The zero-order valence-corrected chi connectivity index (χ0v) is 13.2. The van der Waals surface area contributed by atoms with Crippen LogP contribution >= 0.6 is 0 Å². The van der Waals surface area contributed by atoms with Crippen LogP contribution in [0.15, 0.2) is 42.5 Å². The summed E-state index contributed by atoms with van der Waals surface area (Å²) in [6.07, 6.45) is 0.734. The van der Waals surface area contributed by atoms with Crippen LogP contribution in [0.5, 0.6) is 11.5 Å². The van der Waals surface area contributed by atoms with Gasteiger partial charge in [-0.25, -0.2) is 0 Å². The number of carbonyl (C=O) groups excluding carboxylic acids is 1. The van der Waals surface area contributed by atoms with Crippen molar-refractivity contribution in [1.82, 2.24) is 5.32 Å². The monoisotopic (exact) mass is 299 g/mol. The minimum Gasteiger partial charge on any atom is -0.493 e. The van der Waals surface area contributed by atoms with E-state index < -0.39 is 0 Å². The number of carbonyl (C=O) groups is 1.